The summed E-state index contributed by atoms with van der Waals surface area (Å²) in [6.45, 7) is 2.80. The van der Waals surface area contributed by atoms with Crippen molar-refractivity contribution < 1.29 is 9.18 Å². The van der Waals surface area contributed by atoms with Gasteiger partial charge in [0.05, 0.1) is 0 Å². The molecule has 0 aliphatic carbocycles. The summed E-state index contributed by atoms with van der Waals surface area (Å²) in [6, 6.07) is 12.2. The van der Waals surface area contributed by atoms with Gasteiger partial charge in [-0.25, -0.2) is 4.39 Å². The number of rotatable bonds is 7. The predicted octanol–water partition coefficient (Wildman–Crippen LogP) is 2.93. The van der Waals surface area contributed by atoms with Crippen LogP contribution in [0.5, 0.6) is 0 Å². The Balaban J connectivity index is 1.90. The van der Waals surface area contributed by atoms with E-state index in [-0.39, 0.29) is 11.7 Å². The highest BCUT2D eigenvalue weighted by molar-refractivity contribution is 6.32. The van der Waals surface area contributed by atoms with Crippen LogP contribution in [0.4, 0.5) is 4.39 Å². The number of unbranched alkanes of at least 4 members (excludes halogenated alkanes) is 1. The highest BCUT2D eigenvalue weighted by atomic mass is 19.1. The topological polar surface area (TPSA) is 29.1 Å². The number of hydrogen-bond donors (Lipinski definition) is 1. The quantitative estimate of drug-likeness (QED) is 0.618. The lowest BCUT2D eigenvalue weighted by Gasteiger charge is -2.07. The molecule has 118 valence electrons. The monoisotopic (exact) mass is 309 g/mol. The van der Waals surface area contributed by atoms with E-state index in [0.717, 1.165) is 30.4 Å². The molecular formula is C19H21BFNO. The van der Waals surface area contributed by atoms with Gasteiger partial charge >= 0.3 is 0 Å². The van der Waals surface area contributed by atoms with Gasteiger partial charge in [-0.15, -0.1) is 0 Å². The zero-order chi connectivity index (χ0) is 16.7. The molecule has 0 heterocycles. The van der Waals surface area contributed by atoms with Crippen molar-refractivity contribution >= 4 is 19.2 Å². The van der Waals surface area contributed by atoms with E-state index >= 15 is 0 Å². The first-order chi connectivity index (χ1) is 11.1. The zero-order valence-electron chi connectivity index (χ0n) is 13.4. The molecule has 0 aliphatic rings. The zero-order valence-corrected chi connectivity index (χ0v) is 13.4. The SMILES string of the molecule is [B]c1cc(F)cc(CCc2ccc(C(=O)NCCCC)cc2)c1. The number of halogens is 1. The van der Waals surface area contributed by atoms with Gasteiger partial charge in [-0.3, -0.25) is 4.79 Å². The molecule has 0 saturated carbocycles. The van der Waals surface area contributed by atoms with Crippen molar-refractivity contribution in [3.63, 3.8) is 0 Å². The second kappa shape index (κ2) is 8.51. The normalized spacial score (nSPS) is 10.5. The number of hydrogen-bond acceptors (Lipinski definition) is 1. The standard InChI is InChI=1S/C19H21BFNO/c1-2-3-10-22-19(23)16-8-6-14(7-9-16)4-5-15-11-17(20)13-18(21)12-15/h6-9,11-13H,2-5,10H2,1H3,(H,22,23). The van der Waals surface area contributed by atoms with Crippen molar-refractivity contribution in [3.8, 4) is 0 Å². The Kier molecular flexibility index (Phi) is 6.39. The van der Waals surface area contributed by atoms with Gasteiger partial charge in [0.25, 0.3) is 5.91 Å². The summed E-state index contributed by atoms with van der Waals surface area (Å²) in [5.41, 5.74) is 3.10. The van der Waals surface area contributed by atoms with Gasteiger partial charge in [-0.1, -0.05) is 37.0 Å². The highest BCUT2D eigenvalue weighted by Gasteiger charge is 2.05. The minimum Gasteiger partial charge on any atom is -0.352 e. The van der Waals surface area contributed by atoms with Crippen LogP contribution in [-0.2, 0) is 12.8 Å². The first-order valence-electron chi connectivity index (χ1n) is 8.00. The van der Waals surface area contributed by atoms with E-state index in [1.165, 1.54) is 12.1 Å². The number of amides is 1. The molecule has 0 fully saturated rings. The van der Waals surface area contributed by atoms with Crippen LogP contribution in [0.15, 0.2) is 42.5 Å². The minimum atomic E-state index is -0.306. The first-order valence-corrected chi connectivity index (χ1v) is 8.00. The molecule has 2 aromatic rings. The Morgan fingerprint density at radius 1 is 1.09 bits per heavy atom. The van der Waals surface area contributed by atoms with Crippen LogP contribution < -0.4 is 10.8 Å². The second-order valence-corrected chi connectivity index (χ2v) is 5.70. The van der Waals surface area contributed by atoms with Crippen LogP contribution >= 0.6 is 0 Å². The number of aryl methyl sites for hydroxylation is 2. The van der Waals surface area contributed by atoms with Gasteiger partial charge in [0, 0.05) is 12.1 Å². The smallest absolute Gasteiger partial charge is 0.251 e. The third kappa shape index (κ3) is 5.55. The molecule has 0 aliphatic heterocycles. The molecule has 0 atom stereocenters. The van der Waals surface area contributed by atoms with E-state index in [2.05, 4.69) is 12.2 Å². The summed E-state index contributed by atoms with van der Waals surface area (Å²) in [5.74, 6) is -0.345. The van der Waals surface area contributed by atoms with Crippen molar-refractivity contribution in [3.05, 3.63) is 65.0 Å². The van der Waals surface area contributed by atoms with Gasteiger partial charge in [0.1, 0.15) is 13.7 Å². The van der Waals surface area contributed by atoms with Gasteiger partial charge in [-0.2, -0.15) is 0 Å². The van der Waals surface area contributed by atoms with Crippen LogP contribution in [0.2, 0.25) is 0 Å². The predicted molar refractivity (Wildman–Crippen MR) is 92.9 cm³/mol. The molecule has 2 nitrogen and oxygen atoms in total. The third-order valence-electron chi connectivity index (χ3n) is 3.71. The van der Waals surface area contributed by atoms with Gasteiger partial charge in [0.2, 0.25) is 0 Å². The largest absolute Gasteiger partial charge is 0.352 e. The lowest BCUT2D eigenvalue weighted by Crippen LogP contribution is -2.24. The van der Waals surface area contributed by atoms with Crippen LogP contribution in [0.1, 0.15) is 41.3 Å². The summed E-state index contributed by atoms with van der Waals surface area (Å²) in [7, 11) is 5.65. The Morgan fingerprint density at radius 2 is 1.78 bits per heavy atom. The van der Waals surface area contributed by atoms with Crippen molar-refractivity contribution in [1.29, 1.82) is 0 Å². The average molecular weight is 309 g/mol. The van der Waals surface area contributed by atoms with E-state index in [1.54, 1.807) is 6.07 Å². The van der Waals surface area contributed by atoms with Crippen LogP contribution in [0, 0.1) is 5.82 Å². The van der Waals surface area contributed by atoms with E-state index in [4.69, 9.17) is 7.85 Å². The summed E-state index contributed by atoms with van der Waals surface area (Å²) in [4.78, 5) is 11.9. The molecule has 0 bridgehead atoms. The molecule has 0 unspecified atom stereocenters. The van der Waals surface area contributed by atoms with Crippen molar-refractivity contribution in [2.24, 2.45) is 0 Å². The fourth-order valence-electron chi connectivity index (χ4n) is 2.41. The van der Waals surface area contributed by atoms with Crippen LogP contribution in [-0.4, -0.2) is 20.3 Å². The molecule has 2 aromatic carbocycles. The van der Waals surface area contributed by atoms with Crippen molar-refractivity contribution in [2.45, 2.75) is 32.6 Å². The first kappa shape index (κ1) is 17.3. The summed E-state index contributed by atoms with van der Waals surface area (Å²) in [5, 5.41) is 2.90. The van der Waals surface area contributed by atoms with E-state index < -0.39 is 0 Å². The number of benzene rings is 2. The van der Waals surface area contributed by atoms with Crippen molar-refractivity contribution in [2.75, 3.05) is 6.54 Å². The number of nitrogens with one attached hydrogen (secondary N) is 1. The van der Waals surface area contributed by atoms with Crippen LogP contribution in [0.25, 0.3) is 0 Å². The highest BCUT2D eigenvalue weighted by Crippen LogP contribution is 2.10. The number of carbonyl (C=O) groups excluding carboxylic acids is 1. The molecule has 0 saturated heterocycles. The second-order valence-electron chi connectivity index (χ2n) is 5.70. The minimum absolute atomic E-state index is 0.0390. The fourth-order valence-corrected chi connectivity index (χ4v) is 2.41. The molecule has 1 N–H and O–H groups in total. The molecule has 4 heteroatoms. The van der Waals surface area contributed by atoms with E-state index in [0.29, 0.717) is 24.0 Å². The maximum atomic E-state index is 13.3. The van der Waals surface area contributed by atoms with Gasteiger partial charge in [-0.05, 0) is 54.7 Å². The van der Waals surface area contributed by atoms with E-state index in [1.807, 2.05) is 24.3 Å². The number of carbonyl (C=O) groups is 1. The maximum absolute atomic E-state index is 13.3. The summed E-state index contributed by atoms with van der Waals surface area (Å²) in [6.07, 6.45) is 3.54. The average Bonchev–Trinajstić information content (AvgIpc) is 2.53. The summed E-state index contributed by atoms with van der Waals surface area (Å²) < 4.78 is 13.3. The Labute approximate surface area is 138 Å². The molecule has 2 rings (SSSR count). The lowest BCUT2D eigenvalue weighted by atomic mass is 9.92. The van der Waals surface area contributed by atoms with E-state index in [9.17, 15) is 9.18 Å². The molecular weight excluding hydrogens is 288 g/mol. The van der Waals surface area contributed by atoms with Crippen LogP contribution in [0.3, 0.4) is 0 Å². The third-order valence-corrected chi connectivity index (χ3v) is 3.71. The molecule has 0 spiro atoms. The molecule has 0 aromatic heterocycles. The Bertz CT molecular complexity index is 635. The Morgan fingerprint density at radius 3 is 2.43 bits per heavy atom. The molecule has 23 heavy (non-hydrogen) atoms. The maximum Gasteiger partial charge on any atom is 0.251 e. The van der Waals surface area contributed by atoms with Crippen molar-refractivity contribution in [1.82, 2.24) is 5.32 Å². The Hall–Kier alpha value is -2.10. The fraction of sp³-hybridized carbons (Fsp3) is 0.316. The molecule has 1 amide bonds. The van der Waals surface area contributed by atoms with Gasteiger partial charge < -0.3 is 5.32 Å². The molecule has 2 radical (unpaired) electrons. The van der Waals surface area contributed by atoms with Gasteiger partial charge in [0.15, 0.2) is 0 Å². The lowest BCUT2D eigenvalue weighted by molar-refractivity contribution is 0.0953. The summed E-state index contributed by atoms with van der Waals surface area (Å²) >= 11 is 0.